The van der Waals surface area contributed by atoms with Crippen LogP contribution in [0.5, 0.6) is 0 Å². The van der Waals surface area contributed by atoms with Gasteiger partial charge in [-0.05, 0) is 78.5 Å². The van der Waals surface area contributed by atoms with E-state index >= 15 is 0 Å². The van der Waals surface area contributed by atoms with Gasteiger partial charge in [-0.25, -0.2) is 4.79 Å². The molecule has 1 saturated carbocycles. The molecule has 0 aromatic heterocycles. The van der Waals surface area contributed by atoms with Gasteiger partial charge in [0, 0.05) is 12.2 Å². The van der Waals surface area contributed by atoms with E-state index in [0.29, 0.717) is 30.3 Å². The molecule has 0 spiro atoms. The molecule has 1 fully saturated rings. The zero-order chi connectivity index (χ0) is 23.6. The number of amides is 1. The zero-order valence-electron chi connectivity index (χ0n) is 21.6. The molecule has 0 aliphatic heterocycles. The number of aliphatic carboxylic acids is 1. The van der Waals surface area contributed by atoms with Crippen molar-refractivity contribution in [2.24, 2.45) is 5.92 Å². The first kappa shape index (κ1) is 28.5. The number of ether oxygens (including phenoxy) is 1. The molecule has 2 aromatic rings. The molecule has 180 valence electrons. The molecule has 2 N–H and O–H groups in total. The van der Waals surface area contributed by atoms with E-state index in [0.717, 1.165) is 28.9 Å². The van der Waals surface area contributed by atoms with Crippen molar-refractivity contribution < 1.29 is 39.7 Å². The van der Waals surface area contributed by atoms with Crippen LogP contribution in [0.25, 0.3) is 11.1 Å². The third-order valence-electron chi connectivity index (χ3n) is 6.32. The molecule has 1 aliphatic carbocycles. The van der Waals surface area contributed by atoms with Gasteiger partial charge in [-0.2, -0.15) is 11.8 Å². The summed E-state index contributed by atoms with van der Waals surface area (Å²) in [4.78, 5) is 24.8. The number of benzene rings is 2. The number of hydrogen-bond donors (Lipinski definition) is 2. The van der Waals surface area contributed by atoms with Crippen LogP contribution in [-0.2, 0) is 16.1 Å². The van der Waals surface area contributed by atoms with Gasteiger partial charge in [-0.3, -0.25) is 4.79 Å². The summed E-state index contributed by atoms with van der Waals surface area (Å²) in [6, 6.07) is 12.7. The first-order valence-electron chi connectivity index (χ1n) is 11.8. The normalized spacial score (nSPS) is 14.8. The van der Waals surface area contributed by atoms with E-state index < -0.39 is 12.0 Å². The van der Waals surface area contributed by atoms with Gasteiger partial charge in [-0.1, -0.05) is 49.6 Å². The molecule has 5 nitrogen and oxygen atoms in total. The molecule has 0 saturated heterocycles. The maximum absolute atomic E-state index is 13.1. The molecule has 3 rings (SSSR count). The minimum absolute atomic E-state index is 0. The molecular weight excluding hydrogens is 441 g/mol. The molecule has 0 bridgehead atoms. The predicted octanol–water partition coefficient (Wildman–Crippen LogP) is 2.81. The number of carboxylic acids is 1. The molecule has 7 heteroatoms. The molecule has 2 aromatic carbocycles. The zero-order valence-corrected chi connectivity index (χ0v) is 21.5. The van der Waals surface area contributed by atoms with Gasteiger partial charge in [0.25, 0.3) is 5.91 Å². The van der Waals surface area contributed by atoms with Crippen LogP contribution in [0.2, 0.25) is 0 Å². The maximum atomic E-state index is 13.1. The van der Waals surface area contributed by atoms with Crippen LogP contribution < -0.4 is 24.2 Å². The van der Waals surface area contributed by atoms with Crippen molar-refractivity contribution in [3.8, 4) is 11.1 Å². The fourth-order valence-corrected chi connectivity index (χ4v) is 4.87. The van der Waals surface area contributed by atoms with E-state index in [1.54, 1.807) is 17.8 Å². The molecule has 1 unspecified atom stereocenters. The second-order valence-corrected chi connectivity index (χ2v) is 9.85. The van der Waals surface area contributed by atoms with Gasteiger partial charge in [0.2, 0.25) is 0 Å². The van der Waals surface area contributed by atoms with Crippen LogP contribution in [0, 0.1) is 12.8 Å². The van der Waals surface area contributed by atoms with Crippen molar-refractivity contribution in [2.45, 2.75) is 58.1 Å². The summed E-state index contributed by atoms with van der Waals surface area (Å²) in [6.45, 7) is 3.29. The van der Waals surface area contributed by atoms with Crippen LogP contribution in [0.1, 0.15) is 61.4 Å². The molecule has 1 aliphatic rings. The van der Waals surface area contributed by atoms with Crippen LogP contribution in [0.4, 0.5) is 0 Å². The quantitative estimate of drug-likeness (QED) is 0.487. The molecule has 1 atom stereocenters. The van der Waals surface area contributed by atoms with Crippen LogP contribution >= 0.6 is 11.8 Å². The first-order valence-corrected chi connectivity index (χ1v) is 13.2. The minimum atomic E-state index is -1.01. The second kappa shape index (κ2) is 14.6. The van der Waals surface area contributed by atoms with Crippen molar-refractivity contribution in [3.63, 3.8) is 0 Å². The first-order chi connectivity index (χ1) is 16.0. The number of thioether (sulfide) groups is 1. The van der Waals surface area contributed by atoms with E-state index in [2.05, 4.69) is 5.32 Å². The largest absolute Gasteiger partial charge is 1.00 e. The summed E-state index contributed by atoms with van der Waals surface area (Å²) in [6.07, 6.45) is 8.72. The average molecular weight is 478 g/mol. The molecule has 0 radical (unpaired) electrons. The standard InChI is InChI=1S/C27H35NO4S.Li.H/c1-19-8-6-7-11-22(19)24-16-21(18-32-17-20-9-4-3-5-10-20)12-13-23(24)26(29)28-25(27(30)31)14-15-33-2;;/h6-8,11-13,16,20,25H,3-5,9-10,14-15,17-18H2,1-2H3,(H,28,29)(H,30,31);;/q;+1;-1. The van der Waals surface area contributed by atoms with E-state index in [9.17, 15) is 14.7 Å². The monoisotopic (exact) mass is 477 g/mol. The number of aryl methyl sites for hydroxylation is 1. The third-order valence-corrected chi connectivity index (χ3v) is 6.97. The molecule has 34 heavy (non-hydrogen) atoms. The number of carboxylic acid groups (broad SMARTS) is 1. The molecule has 0 heterocycles. The van der Waals surface area contributed by atoms with Crippen LogP contribution in [-0.4, -0.2) is 41.6 Å². The summed E-state index contributed by atoms with van der Waals surface area (Å²) in [5.41, 5.74) is 4.32. The Morgan fingerprint density at radius 3 is 2.56 bits per heavy atom. The number of carbonyl (C=O) groups excluding carboxylic acids is 1. The average Bonchev–Trinajstić information content (AvgIpc) is 2.82. The Morgan fingerprint density at radius 2 is 1.88 bits per heavy atom. The summed E-state index contributed by atoms with van der Waals surface area (Å²) in [5.74, 6) is -0.0630. The van der Waals surface area contributed by atoms with Crippen LogP contribution in [0.3, 0.4) is 0 Å². The Kier molecular flexibility index (Phi) is 12.3. The molecule has 1 amide bonds. The fourth-order valence-electron chi connectivity index (χ4n) is 4.40. The summed E-state index contributed by atoms with van der Waals surface area (Å²) in [7, 11) is 0. The number of carbonyl (C=O) groups is 2. The van der Waals surface area contributed by atoms with E-state index in [4.69, 9.17) is 4.74 Å². The Bertz CT molecular complexity index is 953. The fraction of sp³-hybridized carbons (Fsp3) is 0.481. The van der Waals surface area contributed by atoms with Crippen molar-refractivity contribution in [3.05, 3.63) is 59.2 Å². The van der Waals surface area contributed by atoms with Gasteiger partial charge in [-0.15, -0.1) is 0 Å². The third kappa shape index (κ3) is 8.20. The topological polar surface area (TPSA) is 75.6 Å². The molecular formula is C27H36LiNO4S. The summed E-state index contributed by atoms with van der Waals surface area (Å²) in [5, 5.41) is 12.3. The van der Waals surface area contributed by atoms with Gasteiger partial charge in [0.05, 0.1) is 6.61 Å². The summed E-state index contributed by atoms with van der Waals surface area (Å²) < 4.78 is 6.04. The van der Waals surface area contributed by atoms with Gasteiger partial charge >= 0.3 is 24.8 Å². The predicted molar refractivity (Wildman–Crippen MR) is 136 cm³/mol. The van der Waals surface area contributed by atoms with E-state index in [1.165, 1.54) is 32.1 Å². The van der Waals surface area contributed by atoms with E-state index in [-0.39, 0.29) is 26.2 Å². The number of rotatable bonds is 11. The Labute approximate surface area is 221 Å². The Hall–Kier alpha value is -1.71. The minimum Gasteiger partial charge on any atom is -1.00 e. The van der Waals surface area contributed by atoms with Crippen molar-refractivity contribution in [1.29, 1.82) is 0 Å². The van der Waals surface area contributed by atoms with Crippen molar-refractivity contribution in [2.75, 3.05) is 18.6 Å². The van der Waals surface area contributed by atoms with Crippen molar-refractivity contribution in [1.82, 2.24) is 5.32 Å². The Morgan fingerprint density at radius 1 is 1.15 bits per heavy atom. The smallest absolute Gasteiger partial charge is 1.00 e. The van der Waals surface area contributed by atoms with Crippen molar-refractivity contribution >= 4 is 23.6 Å². The Balaban J connectivity index is 0.00000306. The van der Waals surface area contributed by atoms with Gasteiger partial charge < -0.3 is 16.6 Å². The van der Waals surface area contributed by atoms with Gasteiger partial charge in [0.15, 0.2) is 0 Å². The maximum Gasteiger partial charge on any atom is 1.00 e. The second-order valence-electron chi connectivity index (χ2n) is 8.86. The number of nitrogens with one attached hydrogen (secondary N) is 1. The number of hydrogen-bond acceptors (Lipinski definition) is 4. The van der Waals surface area contributed by atoms with Gasteiger partial charge in [0.1, 0.15) is 6.04 Å². The van der Waals surface area contributed by atoms with Crippen LogP contribution in [0.15, 0.2) is 42.5 Å². The SMILES string of the molecule is CSCCC(NC(=O)c1ccc(COCC2CCCCC2)cc1-c1ccccc1C)C(=O)O.[H-].[Li+]. The van der Waals surface area contributed by atoms with E-state index in [1.807, 2.05) is 49.6 Å². The summed E-state index contributed by atoms with van der Waals surface area (Å²) >= 11 is 1.56.